The first-order valence-electron chi connectivity index (χ1n) is 8.84. The average molecular weight is 415 g/mol. The number of anilines is 3. The number of amides is 1. The molecule has 0 aliphatic carbocycles. The van der Waals surface area contributed by atoms with Crippen LogP contribution in [0.2, 0.25) is 0 Å². The second-order valence-electron chi connectivity index (χ2n) is 6.03. The van der Waals surface area contributed by atoms with Crippen molar-refractivity contribution in [3.05, 3.63) is 53.6 Å². The SMILES string of the molecule is CCc1cccc(C)c1NC(=O)CSc1nnc(Nc2cccc(OC)c2)s1. The molecule has 146 valence electrons. The first kappa shape index (κ1) is 20.2. The molecular formula is C20H22N4O2S2. The van der Waals surface area contributed by atoms with Crippen LogP contribution in [0.3, 0.4) is 0 Å². The predicted octanol–water partition coefficient (Wildman–Crippen LogP) is 4.89. The lowest BCUT2D eigenvalue weighted by Gasteiger charge is -2.12. The molecule has 0 bridgehead atoms. The number of carbonyl (C=O) groups is 1. The molecule has 0 saturated carbocycles. The van der Waals surface area contributed by atoms with E-state index < -0.39 is 0 Å². The number of benzene rings is 2. The Bertz CT molecular complexity index is 959. The number of aryl methyl sites for hydroxylation is 2. The lowest BCUT2D eigenvalue weighted by atomic mass is 10.1. The summed E-state index contributed by atoms with van der Waals surface area (Å²) in [6.07, 6.45) is 0.875. The van der Waals surface area contributed by atoms with E-state index in [2.05, 4.69) is 27.8 Å². The number of thioether (sulfide) groups is 1. The smallest absolute Gasteiger partial charge is 0.234 e. The van der Waals surface area contributed by atoms with Crippen LogP contribution in [-0.4, -0.2) is 29.0 Å². The van der Waals surface area contributed by atoms with E-state index in [4.69, 9.17) is 4.74 Å². The summed E-state index contributed by atoms with van der Waals surface area (Å²) in [6, 6.07) is 13.6. The van der Waals surface area contributed by atoms with Crippen molar-refractivity contribution in [3.63, 3.8) is 0 Å². The molecule has 0 spiro atoms. The molecule has 0 unspecified atom stereocenters. The van der Waals surface area contributed by atoms with Crippen LogP contribution in [0.25, 0.3) is 0 Å². The summed E-state index contributed by atoms with van der Waals surface area (Å²) in [5, 5.41) is 15.2. The number of ether oxygens (including phenoxy) is 1. The molecule has 0 fully saturated rings. The molecule has 1 aromatic heterocycles. The molecule has 1 amide bonds. The molecule has 8 heteroatoms. The van der Waals surface area contributed by atoms with Crippen molar-refractivity contribution in [1.29, 1.82) is 0 Å². The predicted molar refractivity (Wildman–Crippen MR) is 116 cm³/mol. The molecule has 0 aliphatic rings. The van der Waals surface area contributed by atoms with Gasteiger partial charge in [0.25, 0.3) is 0 Å². The topological polar surface area (TPSA) is 76.1 Å². The van der Waals surface area contributed by atoms with Crippen LogP contribution in [0.1, 0.15) is 18.1 Å². The number of para-hydroxylation sites is 1. The fraction of sp³-hybridized carbons (Fsp3) is 0.250. The fourth-order valence-electron chi connectivity index (χ4n) is 2.65. The van der Waals surface area contributed by atoms with Gasteiger partial charge in [0.15, 0.2) is 4.34 Å². The lowest BCUT2D eigenvalue weighted by Crippen LogP contribution is -2.16. The van der Waals surface area contributed by atoms with Gasteiger partial charge in [-0.25, -0.2) is 0 Å². The minimum Gasteiger partial charge on any atom is -0.497 e. The number of nitrogens with zero attached hydrogens (tertiary/aromatic N) is 2. The third-order valence-corrected chi connectivity index (χ3v) is 6.03. The first-order valence-corrected chi connectivity index (χ1v) is 10.6. The Morgan fingerprint density at radius 1 is 1.21 bits per heavy atom. The van der Waals surface area contributed by atoms with E-state index >= 15 is 0 Å². The van der Waals surface area contributed by atoms with Crippen molar-refractivity contribution in [2.24, 2.45) is 0 Å². The van der Waals surface area contributed by atoms with Gasteiger partial charge in [-0.1, -0.05) is 54.3 Å². The van der Waals surface area contributed by atoms with Crippen molar-refractivity contribution in [1.82, 2.24) is 10.2 Å². The van der Waals surface area contributed by atoms with Gasteiger partial charge in [0.05, 0.1) is 12.9 Å². The molecule has 0 aliphatic heterocycles. The minimum atomic E-state index is -0.0495. The van der Waals surface area contributed by atoms with E-state index in [9.17, 15) is 4.79 Å². The quantitative estimate of drug-likeness (QED) is 0.511. The number of nitrogens with one attached hydrogen (secondary N) is 2. The highest BCUT2D eigenvalue weighted by atomic mass is 32.2. The molecule has 6 nitrogen and oxygen atoms in total. The Balaban J connectivity index is 1.56. The maximum absolute atomic E-state index is 12.4. The highest BCUT2D eigenvalue weighted by molar-refractivity contribution is 8.01. The van der Waals surface area contributed by atoms with Gasteiger partial charge in [0.1, 0.15) is 5.75 Å². The zero-order valence-corrected chi connectivity index (χ0v) is 17.6. The number of methoxy groups -OCH3 is 1. The molecule has 1 heterocycles. The summed E-state index contributed by atoms with van der Waals surface area (Å²) in [6.45, 7) is 4.08. The Labute approximate surface area is 172 Å². The summed E-state index contributed by atoms with van der Waals surface area (Å²) in [4.78, 5) is 12.4. The van der Waals surface area contributed by atoms with E-state index in [0.717, 1.165) is 39.0 Å². The highest BCUT2D eigenvalue weighted by Gasteiger charge is 2.11. The molecule has 28 heavy (non-hydrogen) atoms. The number of hydrogen-bond acceptors (Lipinski definition) is 7. The molecule has 3 rings (SSSR count). The second kappa shape index (κ2) is 9.57. The summed E-state index contributed by atoms with van der Waals surface area (Å²) < 4.78 is 5.95. The number of carbonyl (C=O) groups excluding carboxylic acids is 1. The molecule has 2 N–H and O–H groups in total. The zero-order chi connectivity index (χ0) is 19.9. The lowest BCUT2D eigenvalue weighted by molar-refractivity contribution is -0.113. The first-order chi connectivity index (χ1) is 13.6. The summed E-state index contributed by atoms with van der Waals surface area (Å²) in [7, 11) is 1.63. The molecule has 0 saturated heterocycles. The van der Waals surface area contributed by atoms with Gasteiger partial charge in [0.2, 0.25) is 11.0 Å². The van der Waals surface area contributed by atoms with Crippen molar-refractivity contribution in [2.75, 3.05) is 23.5 Å². The van der Waals surface area contributed by atoms with E-state index in [1.54, 1.807) is 7.11 Å². The number of aromatic nitrogens is 2. The highest BCUT2D eigenvalue weighted by Crippen LogP contribution is 2.29. The van der Waals surface area contributed by atoms with Crippen LogP contribution < -0.4 is 15.4 Å². The van der Waals surface area contributed by atoms with E-state index in [1.165, 1.54) is 23.1 Å². The normalized spacial score (nSPS) is 10.5. The standard InChI is InChI=1S/C20H22N4O2S2/c1-4-14-8-5-7-13(2)18(14)22-17(25)12-27-20-24-23-19(28-20)21-15-9-6-10-16(11-15)26-3/h5-11H,4,12H2,1-3H3,(H,21,23)(H,22,25). The van der Waals surface area contributed by atoms with E-state index in [0.29, 0.717) is 5.13 Å². The molecular weight excluding hydrogens is 392 g/mol. The maximum Gasteiger partial charge on any atom is 0.234 e. The Kier molecular flexibility index (Phi) is 6.89. The number of rotatable bonds is 8. The van der Waals surface area contributed by atoms with Crippen LogP contribution in [0.5, 0.6) is 5.75 Å². The maximum atomic E-state index is 12.4. The molecule has 3 aromatic rings. The van der Waals surface area contributed by atoms with Gasteiger partial charge < -0.3 is 15.4 Å². The van der Waals surface area contributed by atoms with Crippen LogP contribution in [-0.2, 0) is 11.2 Å². The van der Waals surface area contributed by atoms with Crippen molar-refractivity contribution < 1.29 is 9.53 Å². The van der Waals surface area contributed by atoms with Crippen LogP contribution >= 0.6 is 23.1 Å². The van der Waals surface area contributed by atoms with Gasteiger partial charge >= 0.3 is 0 Å². The summed E-state index contributed by atoms with van der Waals surface area (Å²) in [5.74, 6) is 1.00. The molecule has 2 aromatic carbocycles. The van der Waals surface area contributed by atoms with Crippen molar-refractivity contribution in [3.8, 4) is 5.75 Å². The average Bonchev–Trinajstić information content (AvgIpc) is 3.15. The minimum absolute atomic E-state index is 0.0495. The van der Waals surface area contributed by atoms with E-state index in [1.807, 2.05) is 49.4 Å². The zero-order valence-electron chi connectivity index (χ0n) is 16.0. The van der Waals surface area contributed by atoms with E-state index in [-0.39, 0.29) is 11.7 Å². The van der Waals surface area contributed by atoms with Gasteiger partial charge in [-0.15, -0.1) is 10.2 Å². The van der Waals surface area contributed by atoms with Gasteiger partial charge in [-0.2, -0.15) is 0 Å². The van der Waals surface area contributed by atoms with Crippen LogP contribution in [0.15, 0.2) is 46.8 Å². The fourth-order valence-corrected chi connectivity index (χ4v) is 4.22. The Morgan fingerprint density at radius 2 is 2.04 bits per heavy atom. The molecule has 0 atom stereocenters. The second-order valence-corrected chi connectivity index (χ2v) is 8.23. The van der Waals surface area contributed by atoms with Gasteiger partial charge in [-0.05, 0) is 36.6 Å². The monoisotopic (exact) mass is 414 g/mol. The third-order valence-electron chi connectivity index (χ3n) is 4.06. The van der Waals surface area contributed by atoms with Crippen molar-refractivity contribution in [2.45, 2.75) is 24.6 Å². The van der Waals surface area contributed by atoms with Gasteiger partial charge in [0, 0.05) is 17.4 Å². The van der Waals surface area contributed by atoms with Gasteiger partial charge in [-0.3, -0.25) is 4.79 Å². The summed E-state index contributed by atoms with van der Waals surface area (Å²) >= 11 is 2.78. The third kappa shape index (κ3) is 5.24. The van der Waals surface area contributed by atoms with Crippen LogP contribution in [0.4, 0.5) is 16.5 Å². The van der Waals surface area contributed by atoms with Crippen LogP contribution in [0, 0.1) is 6.92 Å². The largest absolute Gasteiger partial charge is 0.497 e. The Hall–Kier alpha value is -2.58. The Morgan fingerprint density at radius 3 is 2.82 bits per heavy atom. The molecule has 0 radical (unpaired) electrons. The summed E-state index contributed by atoms with van der Waals surface area (Å²) in [5.41, 5.74) is 3.99. The van der Waals surface area contributed by atoms with Crippen molar-refractivity contribution >= 4 is 45.5 Å². The number of hydrogen-bond donors (Lipinski definition) is 2.